The summed E-state index contributed by atoms with van der Waals surface area (Å²) in [7, 11) is 0. The molecule has 5 nitrogen and oxygen atoms in total. The van der Waals surface area contributed by atoms with Gasteiger partial charge < -0.3 is 14.7 Å². The van der Waals surface area contributed by atoms with Gasteiger partial charge in [-0.25, -0.2) is 0 Å². The zero-order chi connectivity index (χ0) is 18.2. The van der Waals surface area contributed by atoms with Crippen LogP contribution in [-0.2, 0) is 20.5 Å². The van der Waals surface area contributed by atoms with Gasteiger partial charge in [0.2, 0.25) is 5.91 Å². The van der Waals surface area contributed by atoms with E-state index in [9.17, 15) is 22.8 Å². The number of carboxylic acids is 1. The molecule has 1 saturated heterocycles. The van der Waals surface area contributed by atoms with Crippen molar-refractivity contribution in [3.8, 4) is 0 Å². The monoisotopic (exact) mass is 357 g/mol. The van der Waals surface area contributed by atoms with Crippen LogP contribution >= 0.6 is 0 Å². The normalized spacial score (nSPS) is 26.4. The Balaban J connectivity index is 1.65. The Morgan fingerprint density at radius 1 is 1.24 bits per heavy atom. The van der Waals surface area contributed by atoms with E-state index in [0.29, 0.717) is 25.1 Å². The Kier molecular flexibility index (Phi) is 4.73. The number of hydrogen-bond donors (Lipinski definition) is 1. The fourth-order valence-corrected chi connectivity index (χ4v) is 3.28. The maximum Gasteiger partial charge on any atom is 0.416 e. The summed E-state index contributed by atoms with van der Waals surface area (Å²) in [6.45, 7) is 0.891. The second-order valence-electron chi connectivity index (χ2n) is 6.43. The molecule has 0 radical (unpaired) electrons. The molecule has 0 bridgehead atoms. The number of morpholine rings is 1. The van der Waals surface area contributed by atoms with Crippen LogP contribution in [0.5, 0.6) is 0 Å². The van der Waals surface area contributed by atoms with Gasteiger partial charge in [0, 0.05) is 12.5 Å². The number of alkyl halides is 3. The number of ether oxygens (including phenoxy) is 1. The first-order chi connectivity index (χ1) is 11.8. The first-order valence-corrected chi connectivity index (χ1v) is 8.04. The van der Waals surface area contributed by atoms with Crippen LogP contribution in [0.4, 0.5) is 13.2 Å². The van der Waals surface area contributed by atoms with Gasteiger partial charge in [-0.2, -0.15) is 13.2 Å². The Morgan fingerprint density at radius 2 is 1.92 bits per heavy atom. The van der Waals surface area contributed by atoms with E-state index in [-0.39, 0.29) is 30.8 Å². The van der Waals surface area contributed by atoms with E-state index in [0.717, 1.165) is 12.1 Å². The third-order valence-corrected chi connectivity index (χ3v) is 4.69. The van der Waals surface area contributed by atoms with Crippen LogP contribution in [0.1, 0.15) is 29.9 Å². The SMILES string of the molecule is O=C(O)CC1COCCN1C(=O)C1CC1c1ccc(C(F)(F)F)cc1. The Labute approximate surface area is 142 Å². The molecule has 3 atom stereocenters. The summed E-state index contributed by atoms with van der Waals surface area (Å²) in [5.41, 5.74) is -0.0103. The zero-order valence-electron chi connectivity index (χ0n) is 13.3. The molecule has 1 N–H and O–H groups in total. The molecule has 0 aromatic heterocycles. The van der Waals surface area contributed by atoms with E-state index >= 15 is 0 Å². The number of rotatable bonds is 4. The predicted molar refractivity (Wildman–Crippen MR) is 80.9 cm³/mol. The van der Waals surface area contributed by atoms with Crippen molar-refractivity contribution in [3.05, 3.63) is 35.4 Å². The molecule has 1 saturated carbocycles. The maximum atomic E-state index is 12.7. The average Bonchev–Trinajstić information content (AvgIpc) is 3.34. The molecule has 3 rings (SSSR count). The van der Waals surface area contributed by atoms with Gasteiger partial charge in [0.15, 0.2) is 0 Å². The first kappa shape index (κ1) is 17.7. The van der Waals surface area contributed by atoms with Crippen molar-refractivity contribution in [2.24, 2.45) is 5.92 Å². The number of carbonyl (C=O) groups is 2. The predicted octanol–water partition coefficient (Wildman–Crippen LogP) is 2.51. The summed E-state index contributed by atoms with van der Waals surface area (Å²) in [5.74, 6) is -1.54. The number of amides is 1. The molecule has 1 heterocycles. The number of carbonyl (C=O) groups excluding carboxylic acids is 1. The van der Waals surface area contributed by atoms with Gasteiger partial charge in [-0.1, -0.05) is 12.1 Å². The Morgan fingerprint density at radius 3 is 2.52 bits per heavy atom. The van der Waals surface area contributed by atoms with E-state index in [1.807, 2.05) is 0 Å². The van der Waals surface area contributed by atoms with Crippen LogP contribution in [0.3, 0.4) is 0 Å². The van der Waals surface area contributed by atoms with Crippen LogP contribution in [-0.4, -0.2) is 47.7 Å². The number of carboxylic acid groups (broad SMARTS) is 1. The molecular weight excluding hydrogens is 339 g/mol. The number of aliphatic carboxylic acids is 1. The van der Waals surface area contributed by atoms with Crippen LogP contribution < -0.4 is 0 Å². The fourth-order valence-electron chi connectivity index (χ4n) is 3.28. The van der Waals surface area contributed by atoms with Crippen molar-refractivity contribution >= 4 is 11.9 Å². The second-order valence-corrected chi connectivity index (χ2v) is 6.43. The smallest absolute Gasteiger partial charge is 0.416 e. The summed E-state index contributed by atoms with van der Waals surface area (Å²) < 4.78 is 43.1. The molecule has 136 valence electrons. The van der Waals surface area contributed by atoms with E-state index in [2.05, 4.69) is 0 Å². The van der Waals surface area contributed by atoms with E-state index in [1.165, 1.54) is 12.1 Å². The van der Waals surface area contributed by atoms with E-state index in [4.69, 9.17) is 9.84 Å². The van der Waals surface area contributed by atoms with Gasteiger partial charge in [0.25, 0.3) is 0 Å². The lowest BCUT2D eigenvalue weighted by molar-refractivity contribution is -0.147. The first-order valence-electron chi connectivity index (χ1n) is 8.04. The number of halogens is 3. The largest absolute Gasteiger partial charge is 0.481 e. The highest BCUT2D eigenvalue weighted by molar-refractivity contribution is 5.84. The van der Waals surface area contributed by atoms with Crippen molar-refractivity contribution in [1.82, 2.24) is 4.90 Å². The van der Waals surface area contributed by atoms with Gasteiger partial charge in [0.05, 0.1) is 31.2 Å². The minimum atomic E-state index is -4.38. The second kappa shape index (κ2) is 6.67. The molecule has 1 aromatic carbocycles. The van der Waals surface area contributed by atoms with Crippen LogP contribution in [0.25, 0.3) is 0 Å². The van der Waals surface area contributed by atoms with Crippen molar-refractivity contribution in [2.75, 3.05) is 19.8 Å². The van der Waals surface area contributed by atoms with Gasteiger partial charge in [-0.15, -0.1) is 0 Å². The molecule has 1 aromatic rings. The molecule has 2 aliphatic rings. The third-order valence-electron chi connectivity index (χ3n) is 4.69. The molecule has 8 heteroatoms. The van der Waals surface area contributed by atoms with Crippen molar-refractivity contribution in [1.29, 1.82) is 0 Å². The van der Waals surface area contributed by atoms with Gasteiger partial charge in [0.1, 0.15) is 0 Å². The highest BCUT2D eigenvalue weighted by Crippen LogP contribution is 2.49. The molecule has 1 aliphatic heterocycles. The van der Waals surface area contributed by atoms with E-state index < -0.39 is 23.8 Å². The summed E-state index contributed by atoms with van der Waals surface area (Å²) in [4.78, 5) is 25.1. The maximum absolute atomic E-state index is 12.7. The minimum absolute atomic E-state index is 0.108. The van der Waals surface area contributed by atoms with Crippen LogP contribution in [0.2, 0.25) is 0 Å². The lowest BCUT2D eigenvalue weighted by atomic mass is 10.1. The highest BCUT2D eigenvalue weighted by Gasteiger charge is 2.47. The summed E-state index contributed by atoms with van der Waals surface area (Å²) in [6.07, 6.45) is -3.99. The van der Waals surface area contributed by atoms with Gasteiger partial charge in [-0.05, 0) is 30.0 Å². The summed E-state index contributed by atoms with van der Waals surface area (Å²) in [6, 6.07) is 4.38. The third kappa shape index (κ3) is 3.95. The lowest BCUT2D eigenvalue weighted by Crippen LogP contribution is -2.50. The minimum Gasteiger partial charge on any atom is -0.481 e. The number of nitrogens with zero attached hydrogens (tertiary/aromatic N) is 1. The van der Waals surface area contributed by atoms with Crippen LogP contribution in [0, 0.1) is 5.92 Å². The summed E-state index contributed by atoms with van der Waals surface area (Å²) >= 11 is 0. The molecule has 3 unspecified atom stereocenters. The average molecular weight is 357 g/mol. The van der Waals surface area contributed by atoms with Crippen molar-refractivity contribution in [2.45, 2.75) is 31.0 Å². The summed E-state index contributed by atoms with van der Waals surface area (Å²) in [5, 5.41) is 8.96. The van der Waals surface area contributed by atoms with Crippen LogP contribution in [0.15, 0.2) is 24.3 Å². The number of benzene rings is 1. The molecule has 0 spiro atoms. The van der Waals surface area contributed by atoms with Crippen molar-refractivity contribution < 1.29 is 32.6 Å². The van der Waals surface area contributed by atoms with E-state index in [1.54, 1.807) is 4.90 Å². The molecular formula is C17H18F3NO4. The molecule has 2 fully saturated rings. The quantitative estimate of drug-likeness (QED) is 0.899. The lowest BCUT2D eigenvalue weighted by Gasteiger charge is -2.35. The van der Waals surface area contributed by atoms with Gasteiger partial charge in [-0.3, -0.25) is 9.59 Å². The highest BCUT2D eigenvalue weighted by atomic mass is 19.4. The topological polar surface area (TPSA) is 66.8 Å². The number of hydrogen-bond acceptors (Lipinski definition) is 3. The fraction of sp³-hybridized carbons (Fsp3) is 0.529. The Bertz CT molecular complexity index is 659. The zero-order valence-corrected chi connectivity index (χ0v) is 13.3. The molecule has 1 amide bonds. The molecule has 1 aliphatic carbocycles. The van der Waals surface area contributed by atoms with Crippen molar-refractivity contribution in [3.63, 3.8) is 0 Å². The standard InChI is InChI=1S/C17H18F3NO4/c18-17(19,20)11-3-1-10(2-4-11)13-8-14(13)16(24)21-5-6-25-9-12(21)7-15(22)23/h1-4,12-14H,5-9H2,(H,22,23). The molecule has 25 heavy (non-hydrogen) atoms. The Hall–Kier alpha value is -2.09. The van der Waals surface area contributed by atoms with Gasteiger partial charge >= 0.3 is 12.1 Å².